The summed E-state index contributed by atoms with van der Waals surface area (Å²) >= 11 is 1.84. The molecular weight excluding hydrogens is 266 g/mol. The van der Waals surface area contributed by atoms with E-state index in [1.165, 1.54) is 15.3 Å². The maximum Gasteiger partial charge on any atom is 0.119 e. The van der Waals surface area contributed by atoms with Gasteiger partial charge in [0.15, 0.2) is 0 Å². The molecule has 0 bridgehead atoms. The van der Waals surface area contributed by atoms with Crippen molar-refractivity contribution >= 4 is 11.3 Å². The van der Waals surface area contributed by atoms with Crippen LogP contribution in [-0.2, 0) is 0 Å². The first-order valence-electron chi connectivity index (χ1n) is 7.21. The van der Waals surface area contributed by atoms with Crippen LogP contribution in [0.4, 0.5) is 0 Å². The van der Waals surface area contributed by atoms with Crippen molar-refractivity contribution in [1.82, 2.24) is 5.32 Å². The van der Waals surface area contributed by atoms with E-state index in [1.54, 1.807) is 0 Å². The van der Waals surface area contributed by atoms with Gasteiger partial charge in [0.05, 0.1) is 12.6 Å². The van der Waals surface area contributed by atoms with Crippen molar-refractivity contribution in [3.05, 3.63) is 51.7 Å². The van der Waals surface area contributed by atoms with Crippen molar-refractivity contribution < 1.29 is 4.74 Å². The van der Waals surface area contributed by atoms with Gasteiger partial charge >= 0.3 is 0 Å². The largest absolute Gasteiger partial charge is 0.494 e. The van der Waals surface area contributed by atoms with Crippen LogP contribution in [0.25, 0.3) is 0 Å². The number of rotatable bonds is 7. The number of hydrogen-bond donors (Lipinski definition) is 1. The van der Waals surface area contributed by atoms with Crippen molar-refractivity contribution in [1.29, 1.82) is 0 Å². The van der Waals surface area contributed by atoms with Crippen LogP contribution >= 0.6 is 11.3 Å². The predicted octanol–water partition coefficient (Wildman–Crippen LogP) is 4.54. The summed E-state index contributed by atoms with van der Waals surface area (Å²) in [4.78, 5) is 2.70. The van der Waals surface area contributed by atoms with Gasteiger partial charge in [-0.25, -0.2) is 0 Å². The van der Waals surface area contributed by atoms with Crippen LogP contribution in [0.2, 0.25) is 0 Å². The maximum atomic E-state index is 5.71. The number of ether oxygens (including phenoxy) is 1. The van der Waals surface area contributed by atoms with E-state index in [1.807, 2.05) is 18.4 Å². The molecule has 2 aromatic rings. The Hall–Kier alpha value is -1.32. The molecule has 1 unspecified atom stereocenters. The van der Waals surface area contributed by atoms with Gasteiger partial charge in [-0.3, -0.25) is 0 Å². The average molecular weight is 289 g/mol. The Morgan fingerprint density at radius 3 is 2.45 bits per heavy atom. The molecular formula is C17H23NOS. The molecule has 0 fully saturated rings. The van der Waals surface area contributed by atoms with Gasteiger partial charge in [0, 0.05) is 9.75 Å². The zero-order valence-corrected chi connectivity index (χ0v) is 13.3. The molecule has 108 valence electrons. The third-order valence-corrected chi connectivity index (χ3v) is 4.38. The molecule has 3 heteroatoms. The Kier molecular flexibility index (Phi) is 5.62. The van der Waals surface area contributed by atoms with Crippen molar-refractivity contribution in [3.8, 4) is 5.75 Å². The SMILES string of the molecule is CCCCOc1ccc(C(NC)c2ccc(C)s2)cc1. The van der Waals surface area contributed by atoms with Gasteiger partial charge in [-0.1, -0.05) is 25.5 Å². The molecule has 0 radical (unpaired) electrons. The van der Waals surface area contributed by atoms with Crippen LogP contribution in [0, 0.1) is 6.92 Å². The Morgan fingerprint density at radius 1 is 1.15 bits per heavy atom. The van der Waals surface area contributed by atoms with Gasteiger partial charge in [0.25, 0.3) is 0 Å². The number of nitrogens with one attached hydrogen (secondary N) is 1. The van der Waals surface area contributed by atoms with Crippen LogP contribution in [0.15, 0.2) is 36.4 Å². The molecule has 0 saturated carbocycles. The fraction of sp³-hybridized carbons (Fsp3) is 0.412. The molecule has 1 aromatic heterocycles. The molecule has 0 saturated heterocycles. The fourth-order valence-corrected chi connectivity index (χ4v) is 3.19. The highest BCUT2D eigenvalue weighted by atomic mass is 32.1. The lowest BCUT2D eigenvalue weighted by Gasteiger charge is -2.15. The summed E-state index contributed by atoms with van der Waals surface area (Å²) in [5.41, 5.74) is 1.28. The first kappa shape index (κ1) is 15.1. The molecule has 1 heterocycles. The van der Waals surface area contributed by atoms with E-state index in [9.17, 15) is 0 Å². The smallest absolute Gasteiger partial charge is 0.119 e. The van der Waals surface area contributed by atoms with E-state index >= 15 is 0 Å². The van der Waals surface area contributed by atoms with Gasteiger partial charge in [-0.05, 0) is 50.2 Å². The standard InChI is InChI=1S/C17H23NOS/c1-4-5-12-19-15-9-7-14(8-10-15)17(18-3)16-11-6-13(2)20-16/h6-11,17-18H,4-5,12H2,1-3H3. The first-order chi connectivity index (χ1) is 9.74. The zero-order chi connectivity index (χ0) is 14.4. The second-order valence-corrected chi connectivity index (χ2v) is 6.26. The highest BCUT2D eigenvalue weighted by molar-refractivity contribution is 7.12. The lowest BCUT2D eigenvalue weighted by molar-refractivity contribution is 0.309. The summed E-state index contributed by atoms with van der Waals surface area (Å²) in [6.45, 7) is 5.12. The zero-order valence-electron chi connectivity index (χ0n) is 12.5. The van der Waals surface area contributed by atoms with E-state index in [2.05, 4.69) is 55.6 Å². The van der Waals surface area contributed by atoms with E-state index in [4.69, 9.17) is 4.74 Å². The normalized spacial score (nSPS) is 12.3. The molecule has 0 aliphatic heterocycles. The minimum Gasteiger partial charge on any atom is -0.494 e. The minimum absolute atomic E-state index is 0.262. The molecule has 0 spiro atoms. The van der Waals surface area contributed by atoms with Gasteiger partial charge in [-0.2, -0.15) is 0 Å². The molecule has 1 atom stereocenters. The Labute approximate surface area is 125 Å². The van der Waals surface area contributed by atoms with Gasteiger partial charge < -0.3 is 10.1 Å². The average Bonchev–Trinajstić information content (AvgIpc) is 2.88. The Morgan fingerprint density at radius 2 is 1.90 bits per heavy atom. The van der Waals surface area contributed by atoms with Crippen molar-refractivity contribution in [2.24, 2.45) is 0 Å². The highest BCUT2D eigenvalue weighted by Crippen LogP contribution is 2.29. The predicted molar refractivity (Wildman–Crippen MR) is 86.8 cm³/mol. The van der Waals surface area contributed by atoms with Crippen molar-refractivity contribution in [2.45, 2.75) is 32.7 Å². The number of unbranched alkanes of at least 4 members (excludes halogenated alkanes) is 1. The number of aryl methyl sites for hydroxylation is 1. The lowest BCUT2D eigenvalue weighted by atomic mass is 10.1. The Balaban J connectivity index is 2.07. The summed E-state index contributed by atoms with van der Waals surface area (Å²) in [5, 5.41) is 3.39. The second-order valence-electron chi connectivity index (χ2n) is 4.94. The number of hydrogen-bond acceptors (Lipinski definition) is 3. The third kappa shape index (κ3) is 3.84. The van der Waals surface area contributed by atoms with Crippen LogP contribution in [-0.4, -0.2) is 13.7 Å². The summed E-state index contributed by atoms with van der Waals surface area (Å²) in [7, 11) is 2.01. The first-order valence-corrected chi connectivity index (χ1v) is 8.02. The Bertz CT molecular complexity index is 518. The summed E-state index contributed by atoms with van der Waals surface area (Å²) in [5.74, 6) is 0.958. The quantitative estimate of drug-likeness (QED) is 0.755. The van der Waals surface area contributed by atoms with E-state index < -0.39 is 0 Å². The molecule has 2 rings (SSSR count). The molecule has 20 heavy (non-hydrogen) atoms. The highest BCUT2D eigenvalue weighted by Gasteiger charge is 2.13. The topological polar surface area (TPSA) is 21.3 Å². The van der Waals surface area contributed by atoms with E-state index in [0.717, 1.165) is 25.2 Å². The number of benzene rings is 1. The number of thiophene rings is 1. The van der Waals surface area contributed by atoms with E-state index in [-0.39, 0.29) is 6.04 Å². The summed E-state index contributed by atoms with van der Waals surface area (Å²) in [6, 6.07) is 13.1. The third-order valence-electron chi connectivity index (χ3n) is 3.31. The van der Waals surface area contributed by atoms with Gasteiger partial charge in [0.2, 0.25) is 0 Å². The molecule has 0 aliphatic rings. The summed E-state index contributed by atoms with van der Waals surface area (Å²) in [6.07, 6.45) is 2.27. The van der Waals surface area contributed by atoms with Crippen LogP contribution in [0.5, 0.6) is 5.75 Å². The molecule has 1 N–H and O–H groups in total. The van der Waals surface area contributed by atoms with E-state index in [0.29, 0.717) is 0 Å². The summed E-state index contributed by atoms with van der Waals surface area (Å²) < 4.78 is 5.71. The maximum absolute atomic E-state index is 5.71. The molecule has 2 nitrogen and oxygen atoms in total. The van der Waals surface area contributed by atoms with Crippen LogP contribution in [0.3, 0.4) is 0 Å². The van der Waals surface area contributed by atoms with Crippen LogP contribution < -0.4 is 10.1 Å². The fourth-order valence-electron chi connectivity index (χ4n) is 2.17. The minimum atomic E-state index is 0.262. The van der Waals surface area contributed by atoms with Crippen LogP contribution in [0.1, 0.15) is 41.1 Å². The second kappa shape index (κ2) is 7.46. The lowest BCUT2D eigenvalue weighted by Crippen LogP contribution is -2.16. The van der Waals surface area contributed by atoms with Gasteiger partial charge in [-0.15, -0.1) is 11.3 Å². The molecule has 0 aliphatic carbocycles. The van der Waals surface area contributed by atoms with Crippen molar-refractivity contribution in [2.75, 3.05) is 13.7 Å². The molecule has 0 amide bonds. The van der Waals surface area contributed by atoms with Crippen molar-refractivity contribution in [3.63, 3.8) is 0 Å². The van der Waals surface area contributed by atoms with Gasteiger partial charge in [0.1, 0.15) is 5.75 Å². The monoisotopic (exact) mass is 289 g/mol. The molecule has 1 aromatic carbocycles.